The molecule has 0 aliphatic heterocycles. The zero-order valence-corrected chi connectivity index (χ0v) is 13.3. The average Bonchev–Trinajstić information content (AvgIpc) is 3.12. The summed E-state index contributed by atoms with van der Waals surface area (Å²) in [6.45, 7) is 0. The van der Waals surface area contributed by atoms with Crippen LogP contribution in [-0.4, -0.2) is 14.9 Å². The summed E-state index contributed by atoms with van der Waals surface area (Å²) in [6, 6.07) is 16.7. The fourth-order valence-corrected chi connectivity index (χ4v) is 2.48. The van der Waals surface area contributed by atoms with E-state index in [1.54, 1.807) is 36.5 Å². The van der Waals surface area contributed by atoms with Crippen molar-refractivity contribution < 1.29 is 18.3 Å². The first-order valence-electron chi connectivity index (χ1n) is 7.53. The molecular formula is C19H12F3N3O. The molecule has 1 N–H and O–H groups in total. The van der Waals surface area contributed by atoms with E-state index in [4.69, 9.17) is 0 Å². The molecule has 4 nitrogen and oxygen atoms in total. The Balaban J connectivity index is 2.10. The molecule has 3 rings (SSSR count). The van der Waals surface area contributed by atoms with E-state index >= 15 is 0 Å². The van der Waals surface area contributed by atoms with Crippen LogP contribution in [0.3, 0.4) is 0 Å². The molecule has 1 aromatic heterocycles. The van der Waals surface area contributed by atoms with Crippen molar-refractivity contribution in [3.63, 3.8) is 0 Å². The number of aromatic nitrogens is 2. The van der Waals surface area contributed by atoms with Gasteiger partial charge < -0.3 is 5.11 Å². The molecule has 0 atom stereocenters. The van der Waals surface area contributed by atoms with Crippen LogP contribution in [-0.2, 0) is 6.18 Å². The highest BCUT2D eigenvalue weighted by Gasteiger charge is 2.34. The Morgan fingerprint density at radius 1 is 1.00 bits per heavy atom. The number of aliphatic hydroxyl groups is 1. The van der Waals surface area contributed by atoms with Gasteiger partial charge in [0, 0.05) is 11.8 Å². The van der Waals surface area contributed by atoms with Crippen LogP contribution in [0.4, 0.5) is 13.2 Å². The molecule has 3 aromatic rings. The number of hydrogen-bond acceptors (Lipinski definition) is 3. The van der Waals surface area contributed by atoms with Crippen molar-refractivity contribution >= 4 is 11.3 Å². The Morgan fingerprint density at radius 2 is 1.65 bits per heavy atom. The van der Waals surface area contributed by atoms with Gasteiger partial charge >= 0.3 is 6.18 Å². The summed E-state index contributed by atoms with van der Waals surface area (Å²) in [5.74, 6) is -0.765. The minimum absolute atomic E-state index is 0.0748. The fourth-order valence-electron chi connectivity index (χ4n) is 2.48. The van der Waals surface area contributed by atoms with E-state index in [9.17, 15) is 23.5 Å². The minimum atomic E-state index is -4.66. The van der Waals surface area contributed by atoms with Crippen LogP contribution in [0, 0.1) is 11.3 Å². The Labute approximate surface area is 147 Å². The second-order valence-electron chi connectivity index (χ2n) is 5.36. The van der Waals surface area contributed by atoms with Crippen molar-refractivity contribution in [2.45, 2.75) is 6.18 Å². The van der Waals surface area contributed by atoms with Gasteiger partial charge in [-0.25, -0.2) is 4.68 Å². The van der Waals surface area contributed by atoms with Crippen LogP contribution in [0.2, 0.25) is 0 Å². The molecule has 0 amide bonds. The largest absolute Gasteiger partial charge is 0.506 e. The zero-order valence-electron chi connectivity index (χ0n) is 13.3. The van der Waals surface area contributed by atoms with Gasteiger partial charge in [-0.2, -0.15) is 23.5 Å². The molecule has 7 heteroatoms. The first-order valence-corrected chi connectivity index (χ1v) is 7.53. The molecule has 0 saturated heterocycles. The number of rotatable bonds is 3. The number of nitriles is 1. The molecule has 1 heterocycles. The molecule has 0 aliphatic carbocycles. The third-order valence-corrected chi connectivity index (χ3v) is 3.70. The summed E-state index contributed by atoms with van der Waals surface area (Å²) in [4.78, 5) is 0. The number of benzene rings is 2. The molecule has 0 saturated carbocycles. The Bertz CT molecular complexity index is 999. The summed E-state index contributed by atoms with van der Waals surface area (Å²) >= 11 is 0. The maximum Gasteiger partial charge on any atom is 0.417 e. The van der Waals surface area contributed by atoms with Gasteiger partial charge in [-0.15, -0.1) is 0 Å². The zero-order chi connectivity index (χ0) is 18.7. The fraction of sp³-hybridized carbons (Fsp3) is 0.0526. The molecule has 0 radical (unpaired) electrons. The lowest BCUT2D eigenvalue weighted by Gasteiger charge is -2.12. The first kappa shape index (κ1) is 17.3. The standard InChI is InChI=1S/C19H12F3N3O/c20-19(21,22)16-9-5-4-8-14(16)18(26)15(12-23)17-10-11-25(24-17)13-6-2-1-3-7-13/h1-11,26H/b18-15-. The van der Waals surface area contributed by atoms with E-state index < -0.39 is 23.1 Å². The highest BCUT2D eigenvalue weighted by molar-refractivity contribution is 5.93. The van der Waals surface area contributed by atoms with Crippen LogP contribution in [0.1, 0.15) is 16.8 Å². The number of aliphatic hydroxyl groups excluding tert-OH is 1. The lowest BCUT2D eigenvalue weighted by molar-refractivity contribution is -0.137. The number of para-hydroxylation sites is 1. The van der Waals surface area contributed by atoms with E-state index in [0.29, 0.717) is 5.69 Å². The monoisotopic (exact) mass is 355 g/mol. The van der Waals surface area contributed by atoms with Crippen LogP contribution in [0.5, 0.6) is 0 Å². The molecular weight excluding hydrogens is 343 g/mol. The van der Waals surface area contributed by atoms with Crippen molar-refractivity contribution in [1.29, 1.82) is 5.26 Å². The second-order valence-corrected chi connectivity index (χ2v) is 5.36. The van der Waals surface area contributed by atoms with Crippen molar-refractivity contribution in [2.75, 3.05) is 0 Å². The third kappa shape index (κ3) is 3.30. The lowest BCUT2D eigenvalue weighted by Crippen LogP contribution is -2.09. The predicted molar refractivity (Wildman–Crippen MR) is 90.1 cm³/mol. The summed E-state index contributed by atoms with van der Waals surface area (Å²) in [6.07, 6.45) is -3.10. The molecule has 0 bridgehead atoms. The Morgan fingerprint density at radius 3 is 2.31 bits per heavy atom. The second kappa shape index (κ2) is 6.76. The highest BCUT2D eigenvalue weighted by atomic mass is 19.4. The SMILES string of the molecule is N#C/C(=C(/O)c1ccccc1C(F)(F)F)c1ccn(-c2ccccc2)n1. The van der Waals surface area contributed by atoms with Gasteiger partial charge in [0.25, 0.3) is 0 Å². The van der Waals surface area contributed by atoms with Gasteiger partial charge in [0.15, 0.2) is 0 Å². The average molecular weight is 355 g/mol. The van der Waals surface area contributed by atoms with Crippen LogP contribution in [0.15, 0.2) is 66.9 Å². The number of halogens is 3. The van der Waals surface area contributed by atoms with E-state index in [-0.39, 0.29) is 11.3 Å². The van der Waals surface area contributed by atoms with Gasteiger partial charge in [0.05, 0.1) is 11.3 Å². The quantitative estimate of drug-likeness (QED) is 0.540. The third-order valence-electron chi connectivity index (χ3n) is 3.70. The van der Waals surface area contributed by atoms with E-state index in [2.05, 4.69) is 5.10 Å². The predicted octanol–water partition coefficient (Wildman–Crippen LogP) is 4.84. The topological polar surface area (TPSA) is 61.8 Å². The summed E-state index contributed by atoms with van der Waals surface area (Å²) in [7, 11) is 0. The van der Waals surface area contributed by atoms with Crippen LogP contribution in [0.25, 0.3) is 17.0 Å². The Kier molecular flexibility index (Phi) is 4.50. The summed E-state index contributed by atoms with van der Waals surface area (Å²) in [5.41, 5.74) is -1.04. The van der Waals surface area contributed by atoms with Crippen molar-refractivity contribution in [3.05, 3.63) is 83.7 Å². The van der Waals surface area contributed by atoms with Gasteiger partial charge in [-0.05, 0) is 24.3 Å². The molecule has 0 aliphatic rings. The molecule has 0 spiro atoms. The van der Waals surface area contributed by atoms with E-state index in [1.807, 2.05) is 6.07 Å². The number of hydrogen-bond donors (Lipinski definition) is 1. The highest BCUT2D eigenvalue weighted by Crippen LogP contribution is 2.36. The van der Waals surface area contributed by atoms with Gasteiger partial charge in [-0.1, -0.05) is 36.4 Å². The number of allylic oxidation sites excluding steroid dienone is 1. The van der Waals surface area contributed by atoms with Crippen LogP contribution >= 0.6 is 0 Å². The van der Waals surface area contributed by atoms with Gasteiger partial charge in [-0.3, -0.25) is 0 Å². The molecule has 2 aromatic carbocycles. The molecule has 0 fully saturated rings. The maximum atomic E-state index is 13.2. The van der Waals surface area contributed by atoms with Crippen LogP contribution < -0.4 is 0 Å². The first-order chi connectivity index (χ1) is 12.4. The Hall–Kier alpha value is -3.53. The summed E-state index contributed by atoms with van der Waals surface area (Å²) < 4.78 is 41.0. The van der Waals surface area contributed by atoms with E-state index in [0.717, 1.165) is 12.1 Å². The smallest absolute Gasteiger partial charge is 0.417 e. The number of alkyl halides is 3. The molecule has 26 heavy (non-hydrogen) atoms. The maximum absolute atomic E-state index is 13.2. The van der Waals surface area contributed by atoms with E-state index in [1.165, 1.54) is 22.9 Å². The minimum Gasteiger partial charge on any atom is -0.506 e. The van der Waals surface area contributed by atoms with Gasteiger partial charge in [0.2, 0.25) is 0 Å². The normalized spacial score (nSPS) is 12.4. The number of nitrogens with zero attached hydrogens (tertiary/aromatic N) is 3. The van der Waals surface area contributed by atoms with Crippen molar-refractivity contribution in [3.8, 4) is 11.8 Å². The molecule has 0 unspecified atom stereocenters. The summed E-state index contributed by atoms with van der Waals surface area (Å²) in [5, 5.41) is 23.9. The lowest BCUT2D eigenvalue weighted by atomic mass is 10.0. The molecule has 130 valence electrons. The van der Waals surface area contributed by atoms with Gasteiger partial charge in [0.1, 0.15) is 23.1 Å². The van der Waals surface area contributed by atoms with Crippen molar-refractivity contribution in [1.82, 2.24) is 9.78 Å². The van der Waals surface area contributed by atoms with Crippen molar-refractivity contribution in [2.24, 2.45) is 0 Å².